The second-order valence-corrected chi connectivity index (χ2v) is 4.55. The number of hydrogen-bond acceptors (Lipinski definition) is 1. The zero-order valence-corrected chi connectivity index (χ0v) is 9.15. The summed E-state index contributed by atoms with van der Waals surface area (Å²) in [6, 6.07) is 5.39. The molecule has 1 N–H and O–H groups in total. The molecule has 0 aliphatic rings. The topological polar surface area (TPSA) is 20.2 Å². The van der Waals surface area contributed by atoms with Crippen LogP contribution in [0, 0.1) is 0 Å². The maximum absolute atomic E-state index is 9.56. The van der Waals surface area contributed by atoms with Gasteiger partial charge >= 0.3 is 0 Å². The molecule has 1 rings (SSSR count). The Morgan fingerprint density at radius 3 is 2.31 bits per heavy atom. The summed E-state index contributed by atoms with van der Waals surface area (Å²) >= 11 is 11.6. The van der Waals surface area contributed by atoms with Crippen molar-refractivity contribution in [1.82, 2.24) is 0 Å². The summed E-state index contributed by atoms with van der Waals surface area (Å²) in [5, 5.41) is 10.6. The van der Waals surface area contributed by atoms with Crippen LogP contribution >= 0.6 is 23.2 Å². The Hall–Kier alpha value is -0.240. The third kappa shape index (κ3) is 3.55. The number of hydrogen-bond donors (Lipinski definition) is 1. The number of benzene rings is 1. The van der Waals surface area contributed by atoms with Crippen molar-refractivity contribution < 1.29 is 5.11 Å². The monoisotopic (exact) mass is 218 g/mol. The van der Waals surface area contributed by atoms with Gasteiger partial charge in [0, 0.05) is 6.42 Å². The Morgan fingerprint density at radius 1 is 1.23 bits per heavy atom. The second-order valence-electron chi connectivity index (χ2n) is 3.74. The molecule has 0 unspecified atom stereocenters. The van der Waals surface area contributed by atoms with E-state index in [0.29, 0.717) is 16.5 Å². The minimum atomic E-state index is -0.711. The Morgan fingerprint density at radius 2 is 1.85 bits per heavy atom. The molecule has 0 spiro atoms. The molecule has 1 aromatic carbocycles. The molecule has 13 heavy (non-hydrogen) atoms. The van der Waals surface area contributed by atoms with E-state index in [1.807, 2.05) is 6.07 Å². The summed E-state index contributed by atoms with van der Waals surface area (Å²) in [5.41, 5.74) is 0.277. The summed E-state index contributed by atoms with van der Waals surface area (Å²) in [6.45, 7) is 3.52. The van der Waals surface area contributed by atoms with E-state index in [-0.39, 0.29) is 0 Å². The highest BCUT2D eigenvalue weighted by Crippen LogP contribution is 2.24. The van der Waals surface area contributed by atoms with Crippen LogP contribution in [0.3, 0.4) is 0 Å². The molecule has 0 saturated heterocycles. The molecule has 0 aromatic heterocycles. The van der Waals surface area contributed by atoms with Gasteiger partial charge in [-0.05, 0) is 31.5 Å². The van der Waals surface area contributed by atoms with E-state index in [0.717, 1.165) is 5.56 Å². The predicted molar refractivity (Wildman–Crippen MR) is 56.5 cm³/mol. The van der Waals surface area contributed by atoms with Crippen LogP contribution in [0.1, 0.15) is 19.4 Å². The van der Waals surface area contributed by atoms with Gasteiger partial charge in [-0.25, -0.2) is 0 Å². The zero-order valence-electron chi connectivity index (χ0n) is 7.64. The van der Waals surface area contributed by atoms with Crippen LogP contribution < -0.4 is 0 Å². The van der Waals surface area contributed by atoms with E-state index in [2.05, 4.69) is 0 Å². The fraction of sp³-hybridized carbons (Fsp3) is 0.400. The van der Waals surface area contributed by atoms with Crippen molar-refractivity contribution in [2.45, 2.75) is 25.9 Å². The molecule has 0 radical (unpaired) electrons. The first-order valence-electron chi connectivity index (χ1n) is 4.05. The molecular formula is C10H12Cl2O. The zero-order chi connectivity index (χ0) is 10.1. The molecule has 0 fully saturated rings. The maximum Gasteiger partial charge on any atom is 0.0631 e. The van der Waals surface area contributed by atoms with Crippen molar-refractivity contribution in [2.75, 3.05) is 0 Å². The first-order valence-corrected chi connectivity index (χ1v) is 4.80. The number of halogens is 2. The Labute approximate surface area is 88.3 Å². The fourth-order valence-electron chi connectivity index (χ4n) is 1.15. The standard InChI is InChI=1S/C10H12Cl2O/c1-10(2,13)6-7-3-4-8(11)9(12)5-7/h3-5,13H,6H2,1-2H3. The van der Waals surface area contributed by atoms with Crippen molar-refractivity contribution in [2.24, 2.45) is 0 Å². The maximum atomic E-state index is 9.56. The van der Waals surface area contributed by atoms with E-state index in [4.69, 9.17) is 23.2 Å². The first kappa shape index (κ1) is 10.8. The first-order chi connectivity index (χ1) is 5.88. The van der Waals surface area contributed by atoms with Crippen molar-refractivity contribution in [1.29, 1.82) is 0 Å². The SMILES string of the molecule is CC(C)(O)Cc1ccc(Cl)c(Cl)c1. The van der Waals surface area contributed by atoms with E-state index in [9.17, 15) is 5.11 Å². The van der Waals surface area contributed by atoms with Gasteiger partial charge in [-0.15, -0.1) is 0 Å². The molecule has 0 amide bonds. The van der Waals surface area contributed by atoms with Crippen molar-refractivity contribution in [3.8, 4) is 0 Å². The summed E-state index contributed by atoms with van der Waals surface area (Å²) in [7, 11) is 0. The Kier molecular flexibility index (Phi) is 3.23. The van der Waals surface area contributed by atoms with E-state index in [1.54, 1.807) is 26.0 Å². The molecular weight excluding hydrogens is 207 g/mol. The quantitative estimate of drug-likeness (QED) is 0.808. The minimum Gasteiger partial charge on any atom is -0.390 e. The van der Waals surface area contributed by atoms with Crippen molar-refractivity contribution >= 4 is 23.2 Å². The lowest BCUT2D eigenvalue weighted by molar-refractivity contribution is 0.0810. The molecule has 1 aromatic rings. The lowest BCUT2D eigenvalue weighted by Crippen LogP contribution is -2.21. The van der Waals surface area contributed by atoms with Crippen LogP contribution in [0.5, 0.6) is 0 Å². The highest BCUT2D eigenvalue weighted by atomic mass is 35.5. The van der Waals surface area contributed by atoms with Crippen LogP contribution in [-0.2, 0) is 6.42 Å². The van der Waals surface area contributed by atoms with E-state index >= 15 is 0 Å². The third-order valence-electron chi connectivity index (χ3n) is 1.62. The molecule has 0 aliphatic heterocycles. The number of rotatable bonds is 2. The lowest BCUT2D eigenvalue weighted by atomic mass is 9.99. The van der Waals surface area contributed by atoms with Crippen LogP contribution in [-0.4, -0.2) is 10.7 Å². The largest absolute Gasteiger partial charge is 0.390 e. The molecule has 3 heteroatoms. The van der Waals surface area contributed by atoms with Gasteiger partial charge < -0.3 is 5.11 Å². The molecule has 0 atom stereocenters. The minimum absolute atomic E-state index is 0.531. The highest BCUT2D eigenvalue weighted by molar-refractivity contribution is 6.42. The average Bonchev–Trinajstić information content (AvgIpc) is 1.94. The lowest BCUT2D eigenvalue weighted by Gasteiger charge is -2.17. The van der Waals surface area contributed by atoms with Gasteiger partial charge in [0.05, 0.1) is 15.6 Å². The van der Waals surface area contributed by atoms with Gasteiger partial charge in [0.15, 0.2) is 0 Å². The number of aliphatic hydroxyl groups is 1. The predicted octanol–water partition coefficient (Wildman–Crippen LogP) is 3.31. The van der Waals surface area contributed by atoms with Gasteiger partial charge in [-0.1, -0.05) is 29.3 Å². The van der Waals surface area contributed by atoms with Crippen LogP contribution in [0.15, 0.2) is 18.2 Å². The molecule has 0 heterocycles. The molecule has 1 nitrogen and oxygen atoms in total. The van der Waals surface area contributed by atoms with Crippen LogP contribution in [0.25, 0.3) is 0 Å². The Balaban J connectivity index is 2.86. The highest BCUT2D eigenvalue weighted by Gasteiger charge is 2.13. The van der Waals surface area contributed by atoms with Gasteiger partial charge in [-0.3, -0.25) is 0 Å². The molecule has 72 valence electrons. The summed E-state index contributed by atoms with van der Waals surface area (Å²) in [4.78, 5) is 0. The average molecular weight is 219 g/mol. The second kappa shape index (κ2) is 3.87. The van der Waals surface area contributed by atoms with Crippen LogP contribution in [0.4, 0.5) is 0 Å². The molecule has 0 aliphatic carbocycles. The molecule has 0 saturated carbocycles. The summed E-state index contributed by atoms with van der Waals surface area (Å²) in [5.74, 6) is 0. The van der Waals surface area contributed by atoms with Crippen molar-refractivity contribution in [3.05, 3.63) is 33.8 Å². The normalized spacial score (nSPS) is 11.8. The van der Waals surface area contributed by atoms with Gasteiger partial charge in [0.1, 0.15) is 0 Å². The van der Waals surface area contributed by atoms with Gasteiger partial charge in [-0.2, -0.15) is 0 Å². The van der Waals surface area contributed by atoms with Gasteiger partial charge in [0.25, 0.3) is 0 Å². The fourth-order valence-corrected chi connectivity index (χ4v) is 1.47. The van der Waals surface area contributed by atoms with Crippen molar-refractivity contribution in [3.63, 3.8) is 0 Å². The van der Waals surface area contributed by atoms with Gasteiger partial charge in [0.2, 0.25) is 0 Å². The summed E-state index contributed by atoms with van der Waals surface area (Å²) in [6.07, 6.45) is 0.573. The van der Waals surface area contributed by atoms with Crippen LogP contribution in [0.2, 0.25) is 10.0 Å². The third-order valence-corrected chi connectivity index (χ3v) is 2.36. The smallest absolute Gasteiger partial charge is 0.0631 e. The van der Waals surface area contributed by atoms with E-state index in [1.165, 1.54) is 0 Å². The Bertz CT molecular complexity index is 302. The molecule has 0 bridgehead atoms. The van der Waals surface area contributed by atoms with E-state index < -0.39 is 5.60 Å². The summed E-state index contributed by atoms with van der Waals surface area (Å²) < 4.78 is 0.